The molecule has 0 bridgehead atoms. The van der Waals surface area contributed by atoms with E-state index >= 15 is 0 Å². The third-order valence-electron chi connectivity index (χ3n) is 15.4. The molecule has 0 aliphatic heterocycles. The van der Waals surface area contributed by atoms with Crippen molar-refractivity contribution in [2.45, 2.75) is 354 Å². The molecule has 0 aliphatic carbocycles. The largest absolute Gasteiger partial charge is 0.756 e. The predicted molar refractivity (Wildman–Crippen MR) is 330 cm³/mol. The molecule has 77 heavy (non-hydrogen) atoms. The number of allylic oxidation sites excluding steroid dienone is 3. The molecule has 0 saturated carbocycles. The molecule has 3 atom stereocenters. The van der Waals surface area contributed by atoms with Crippen LogP contribution in [0.5, 0.6) is 0 Å². The topological polar surface area (TPSA) is 114 Å². The number of carbonyl (C=O) groups is 2. The molecule has 0 heterocycles. The van der Waals surface area contributed by atoms with Gasteiger partial charge in [-0.2, -0.15) is 0 Å². The first-order chi connectivity index (χ1) is 37.4. The number of hydrogen-bond acceptors (Lipinski definition) is 7. The Balaban J connectivity index is 5.11. The second kappa shape index (κ2) is 57.7. The molecule has 1 N–H and O–H groups in total. The van der Waals surface area contributed by atoms with Crippen LogP contribution in [-0.4, -0.2) is 69.4 Å². The van der Waals surface area contributed by atoms with Gasteiger partial charge in [0.2, 0.25) is 5.91 Å². The van der Waals surface area contributed by atoms with E-state index in [9.17, 15) is 19.0 Å². The summed E-state index contributed by atoms with van der Waals surface area (Å²) in [5, 5.41) is 3.05. The smallest absolute Gasteiger partial charge is 0.306 e. The van der Waals surface area contributed by atoms with Gasteiger partial charge in [-0.25, -0.2) is 0 Å². The summed E-state index contributed by atoms with van der Waals surface area (Å²) in [4.78, 5) is 40.1. The highest BCUT2D eigenvalue weighted by atomic mass is 31.2. The van der Waals surface area contributed by atoms with E-state index in [1.54, 1.807) is 0 Å². The summed E-state index contributed by atoms with van der Waals surface area (Å²) in [7, 11) is 1.20. The van der Waals surface area contributed by atoms with Crippen molar-refractivity contribution >= 4 is 19.7 Å². The Morgan fingerprint density at radius 1 is 0.442 bits per heavy atom. The number of unbranched alkanes of at least 4 members (excludes halogenated alkanes) is 44. The summed E-state index contributed by atoms with van der Waals surface area (Å²) < 4.78 is 30.4. The number of nitrogens with zero attached hydrogens (tertiary/aromatic N) is 1. The van der Waals surface area contributed by atoms with Crippen LogP contribution in [0.4, 0.5) is 0 Å². The Hall–Kier alpha value is -1.51. The summed E-state index contributed by atoms with van der Waals surface area (Å²) in [6.07, 6.45) is 68.6. The first-order valence-electron chi connectivity index (χ1n) is 33.6. The van der Waals surface area contributed by atoms with Crippen molar-refractivity contribution in [3.63, 3.8) is 0 Å². The van der Waals surface area contributed by atoms with Gasteiger partial charge in [-0.15, -0.1) is 0 Å². The fraction of sp³-hybridized carbons (Fsp3) is 0.910. The van der Waals surface area contributed by atoms with Gasteiger partial charge in [-0.1, -0.05) is 296 Å². The number of quaternary nitrogens is 1. The Bertz CT molecular complexity index is 1370. The Labute approximate surface area is 479 Å². The first-order valence-corrected chi connectivity index (χ1v) is 35.1. The van der Waals surface area contributed by atoms with E-state index in [1.165, 1.54) is 250 Å². The average molecular weight is 1110 g/mol. The van der Waals surface area contributed by atoms with Gasteiger partial charge in [0.1, 0.15) is 19.3 Å². The summed E-state index contributed by atoms with van der Waals surface area (Å²) in [5.41, 5.74) is 0. The summed E-state index contributed by atoms with van der Waals surface area (Å²) in [6.45, 7) is 6.90. The van der Waals surface area contributed by atoms with Gasteiger partial charge < -0.3 is 28.5 Å². The fourth-order valence-electron chi connectivity index (χ4n) is 10.2. The molecule has 0 aliphatic rings. The number of nitrogens with one attached hydrogen (secondary N) is 1. The van der Waals surface area contributed by atoms with Gasteiger partial charge >= 0.3 is 5.97 Å². The molecule has 0 radical (unpaired) electrons. The van der Waals surface area contributed by atoms with Gasteiger partial charge in [-0.05, 0) is 57.4 Å². The highest BCUT2D eigenvalue weighted by molar-refractivity contribution is 7.45. The number of amides is 1. The molecule has 10 heteroatoms. The molecular formula is C67H131N2O7P. The van der Waals surface area contributed by atoms with Crippen molar-refractivity contribution < 1.29 is 37.3 Å². The fourth-order valence-corrected chi connectivity index (χ4v) is 10.9. The summed E-state index contributed by atoms with van der Waals surface area (Å²) >= 11 is 0. The molecule has 0 rings (SSSR count). The van der Waals surface area contributed by atoms with Gasteiger partial charge in [0.25, 0.3) is 7.82 Å². The lowest BCUT2D eigenvalue weighted by molar-refractivity contribution is -0.870. The van der Waals surface area contributed by atoms with Crippen LogP contribution in [0.3, 0.4) is 0 Å². The van der Waals surface area contributed by atoms with Crippen LogP contribution in [0.25, 0.3) is 0 Å². The molecular weight excluding hydrogens is 976 g/mol. The molecule has 0 aromatic heterocycles. The number of likely N-dealkylation sites (N-methyl/N-ethyl adjacent to an activating group) is 1. The average Bonchev–Trinajstić information content (AvgIpc) is 3.39. The van der Waals surface area contributed by atoms with Crippen molar-refractivity contribution in [1.29, 1.82) is 0 Å². The van der Waals surface area contributed by atoms with E-state index in [2.05, 4.69) is 38.2 Å². The second-order valence-corrected chi connectivity index (χ2v) is 25.7. The third kappa shape index (κ3) is 58.9. The maximum atomic E-state index is 13.6. The van der Waals surface area contributed by atoms with Crippen molar-refractivity contribution in [2.24, 2.45) is 0 Å². The summed E-state index contributed by atoms with van der Waals surface area (Å²) in [5.74, 6) is -0.520. The number of esters is 1. The lowest BCUT2D eigenvalue weighted by atomic mass is 10.0. The van der Waals surface area contributed by atoms with Gasteiger partial charge in [0.05, 0.1) is 33.8 Å². The SMILES string of the molecule is CCCCCCCC/C=C/CCCCCCCCCCCCCCCC(=O)NC(COP(=O)([O-])OCC[N+](C)(C)C)C(/C=C\CCCCCCCCCCCCC)OC(=O)CCCCCCCCCCCCCCCCC. The molecule has 3 unspecified atom stereocenters. The van der Waals surface area contributed by atoms with E-state index in [1.807, 2.05) is 33.3 Å². The second-order valence-electron chi connectivity index (χ2n) is 24.3. The number of phosphoric ester groups is 1. The standard InChI is InChI=1S/C67H131N2O7P/c1-7-10-13-16-19-22-25-28-30-31-32-33-34-35-36-37-39-41-44-47-50-53-56-59-66(70)68-64(63-75-77(72,73)74-62-61-69(4,5)6)65(58-55-52-49-46-43-40-27-24-21-18-15-12-9-3)76-67(71)60-57-54-51-48-45-42-38-29-26-23-20-17-14-11-8-2/h28,30,55,58,64-65H,7-27,29,31-54,56-57,59-63H2,1-6H3,(H-,68,70,72,73)/b30-28+,58-55-. The van der Waals surface area contributed by atoms with Gasteiger partial charge in [0.15, 0.2) is 0 Å². The van der Waals surface area contributed by atoms with E-state index in [4.69, 9.17) is 13.8 Å². The third-order valence-corrected chi connectivity index (χ3v) is 16.3. The maximum absolute atomic E-state index is 13.6. The van der Waals surface area contributed by atoms with Crippen LogP contribution in [0.1, 0.15) is 342 Å². The van der Waals surface area contributed by atoms with Crippen LogP contribution >= 0.6 is 7.82 Å². The monoisotopic (exact) mass is 1110 g/mol. The van der Waals surface area contributed by atoms with Crippen LogP contribution in [0.15, 0.2) is 24.3 Å². The molecule has 0 spiro atoms. The number of phosphoric acid groups is 1. The van der Waals surface area contributed by atoms with Crippen molar-refractivity contribution in [3.8, 4) is 0 Å². The number of hydrogen-bond donors (Lipinski definition) is 1. The van der Waals surface area contributed by atoms with Gasteiger partial charge in [-0.3, -0.25) is 14.2 Å². The Morgan fingerprint density at radius 3 is 1.10 bits per heavy atom. The lowest BCUT2D eigenvalue weighted by Gasteiger charge is -2.30. The summed E-state index contributed by atoms with van der Waals surface area (Å²) in [6, 6.07) is -0.882. The van der Waals surface area contributed by atoms with Crippen LogP contribution in [0.2, 0.25) is 0 Å². The molecule has 456 valence electrons. The quantitative estimate of drug-likeness (QED) is 0.0212. The zero-order chi connectivity index (χ0) is 56.4. The number of rotatable bonds is 62. The highest BCUT2D eigenvalue weighted by Gasteiger charge is 2.27. The zero-order valence-corrected chi connectivity index (χ0v) is 53.1. The van der Waals surface area contributed by atoms with Crippen molar-refractivity contribution in [3.05, 3.63) is 24.3 Å². The minimum Gasteiger partial charge on any atom is -0.756 e. The molecule has 1 amide bonds. The highest BCUT2D eigenvalue weighted by Crippen LogP contribution is 2.38. The first kappa shape index (κ1) is 75.5. The van der Waals surface area contributed by atoms with E-state index in [0.29, 0.717) is 17.4 Å². The molecule has 9 nitrogen and oxygen atoms in total. The van der Waals surface area contributed by atoms with E-state index in [-0.39, 0.29) is 31.5 Å². The van der Waals surface area contributed by atoms with Crippen LogP contribution in [0, 0.1) is 0 Å². The van der Waals surface area contributed by atoms with Crippen LogP contribution in [-0.2, 0) is 27.9 Å². The number of carbonyl (C=O) groups excluding carboxylic acids is 2. The molecule has 0 aromatic rings. The molecule has 0 fully saturated rings. The van der Waals surface area contributed by atoms with E-state index < -0.39 is 20.0 Å². The Kier molecular flexibility index (Phi) is 56.6. The lowest BCUT2D eigenvalue weighted by Crippen LogP contribution is -2.47. The van der Waals surface area contributed by atoms with Crippen molar-refractivity contribution in [2.75, 3.05) is 40.9 Å². The normalized spacial score (nSPS) is 13.7. The Morgan fingerprint density at radius 2 is 0.753 bits per heavy atom. The molecule has 0 aromatic carbocycles. The van der Waals surface area contributed by atoms with E-state index in [0.717, 1.165) is 57.8 Å². The van der Waals surface area contributed by atoms with Gasteiger partial charge in [0, 0.05) is 12.8 Å². The minimum absolute atomic E-state index is 0.0182. The number of ether oxygens (including phenoxy) is 1. The zero-order valence-electron chi connectivity index (χ0n) is 52.2. The maximum Gasteiger partial charge on any atom is 0.306 e. The predicted octanol–water partition coefficient (Wildman–Crippen LogP) is 20.3. The van der Waals surface area contributed by atoms with Crippen LogP contribution < -0.4 is 10.2 Å². The minimum atomic E-state index is -4.69. The van der Waals surface area contributed by atoms with Crippen molar-refractivity contribution in [1.82, 2.24) is 5.32 Å². The molecule has 0 saturated heterocycles.